The summed E-state index contributed by atoms with van der Waals surface area (Å²) >= 11 is 1.76. The average molecular weight is 412 g/mol. The summed E-state index contributed by atoms with van der Waals surface area (Å²) in [7, 11) is 1.65. The fourth-order valence-corrected chi connectivity index (χ4v) is 3.45. The number of anilines is 3. The van der Waals surface area contributed by atoms with Crippen LogP contribution in [-0.2, 0) is 0 Å². The highest BCUT2D eigenvalue weighted by Crippen LogP contribution is 2.27. The molecule has 0 aliphatic carbocycles. The smallest absolute Gasteiger partial charge is 0.232 e. The fraction of sp³-hybridized carbons (Fsp3) is 0.286. The van der Waals surface area contributed by atoms with Gasteiger partial charge in [0.05, 0.1) is 19.0 Å². The van der Waals surface area contributed by atoms with E-state index in [2.05, 4.69) is 27.2 Å². The Balaban J connectivity index is 1.46. The summed E-state index contributed by atoms with van der Waals surface area (Å²) in [5.41, 5.74) is 6.77. The van der Waals surface area contributed by atoms with Crippen LogP contribution in [0.3, 0.4) is 0 Å². The van der Waals surface area contributed by atoms with Crippen LogP contribution in [0.25, 0.3) is 0 Å². The van der Waals surface area contributed by atoms with Crippen molar-refractivity contribution >= 4 is 29.3 Å². The maximum Gasteiger partial charge on any atom is 0.232 e. The van der Waals surface area contributed by atoms with Crippen molar-refractivity contribution in [2.24, 2.45) is 0 Å². The van der Waals surface area contributed by atoms with Crippen LogP contribution in [-0.4, -0.2) is 34.4 Å². The van der Waals surface area contributed by atoms with E-state index in [1.165, 1.54) is 0 Å². The Morgan fingerprint density at radius 1 is 1.00 bits per heavy atom. The number of nitrogens with zero attached hydrogens (tertiary/aromatic N) is 3. The van der Waals surface area contributed by atoms with Crippen molar-refractivity contribution in [1.82, 2.24) is 15.0 Å². The van der Waals surface area contributed by atoms with E-state index < -0.39 is 0 Å². The van der Waals surface area contributed by atoms with Crippen LogP contribution in [0.5, 0.6) is 11.5 Å². The van der Waals surface area contributed by atoms with Crippen molar-refractivity contribution < 1.29 is 9.47 Å². The second-order valence-electron chi connectivity index (χ2n) is 6.26. The molecule has 3 aromatic rings. The number of hydrogen-bond donors (Lipinski definition) is 2. The first-order chi connectivity index (χ1) is 14.1. The molecular weight excluding hydrogens is 386 g/mol. The van der Waals surface area contributed by atoms with Gasteiger partial charge in [-0.25, -0.2) is 0 Å². The van der Waals surface area contributed by atoms with Crippen LogP contribution in [0.15, 0.2) is 54.6 Å². The number of benzene rings is 2. The van der Waals surface area contributed by atoms with Crippen molar-refractivity contribution in [2.75, 3.05) is 30.5 Å². The normalized spacial score (nSPS) is 11.7. The molecule has 7 nitrogen and oxygen atoms in total. The number of nitrogen functional groups attached to an aromatic ring is 1. The van der Waals surface area contributed by atoms with Gasteiger partial charge in [0.1, 0.15) is 17.3 Å². The Morgan fingerprint density at radius 2 is 1.72 bits per heavy atom. The van der Waals surface area contributed by atoms with E-state index in [9.17, 15) is 0 Å². The molecule has 0 aliphatic rings. The molecule has 1 unspecified atom stereocenters. The van der Waals surface area contributed by atoms with Gasteiger partial charge in [-0.2, -0.15) is 26.7 Å². The highest BCUT2D eigenvalue weighted by Gasteiger charge is 2.13. The van der Waals surface area contributed by atoms with Crippen LogP contribution in [0.2, 0.25) is 0 Å². The van der Waals surface area contributed by atoms with Crippen molar-refractivity contribution in [1.29, 1.82) is 0 Å². The number of hydrogen-bond acceptors (Lipinski definition) is 8. The van der Waals surface area contributed by atoms with Crippen LogP contribution in [0.4, 0.5) is 17.6 Å². The molecule has 3 rings (SSSR count). The van der Waals surface area contributed by atoms with Crippen molar-refractivity contribution in [3.63, 3.8) is 0 Å². The Labute approximate surface area is 175 Å². The summed E-state index contributed by atoms with van der Waals surface area (Å²) in [4.78, 5) is 13.0. The largest absolute Gasteiger partial charge is 0.497 e. The Bertz CT molecular complexity index is 893. The molecule has 1 heterocycles. The Hall–Kier alpha value is -3.00. The SMILES string of the molecule is COc1ccc(OCCCSC(C)c2nc(N)nc(Nc3ccccc3)n2)cc1. The van der Waals surface area contributed by atoms with Crippen LogP contribution < -0.4 is 20.5 Å². The van der Waals surface area contributed by atoms with Crippen LogP contribution in [0.1, 0.15) is 24.4 Å². The molecule has 29 heavy (non-hydrogen) atoms. The molecule has 0 spiro atoms. The number of para-hydroxylation sites is 1. The second-order valence-corrected chi connectivity index (χ2v) is 7.71. The first kappa shape index (κ1) is 20.7. The van der Waals surface area contributed by atoms with E-state index in [1.807, 2.05) is 54.6 Å². The number of rotatable bonds is 10. The van der Waals surface area contributed by atoms with E-state index in [0.29, 0.717) is 18.4 Å². The lowest BCUT2D eigenvalue weighted by Crippen LogP contribution is -2.08. The van der Waals surface area contributed by atoms with E-state index in [1.54, 1.807) is 18.9 Å². The van der Waals surface area contributed by atoms with E-state index in [4.69, 9.17) is 15.2 Å². The van der Waals surface area contributed by atoms with Crippen LogP contribution in [0, 0.1) is 0 Å². The molecule has 152 valence electrons. The number of aromatic nitrogens is 3. The molecule has 2 aromatic carbocycles. The number of ether oxygens (including phenoxy) is 2. The minimum atomic E-state index is 0.0950. The van der Waals surface area contributed by atoms with Crippen molar-refractivity contribution in [3.8, 4) is 11.5 Å². The molecule has 0 saturated heterocycles. The second kappa shape index (κ2) is 10.5. The molecule has 3 N–H and O–H groups in total. The van der Waals surface area contributed by atoms with E-state index in [-0.39, 0.29) is 11.2 Å². The van der Waals surface area contributed by atoms with Gasteiger partial charge in [-0.1, -0.05) is 18.2 Å². The summed E-state index contributed by atoms with van der Waals surface area (Å²) in [6, 6.07) is 17.3. The Kier molecular flexibility index (Phi) is 7.52. The predicted octanol–water partition coefficient (Wildman–Crippen LogP) is 4.47. The highest BCUT2D eigenvalue weighted by atomic mass is 32.2. The van der Waals surface area contributed by atoms with Gasteiger partial charge in [-0.15, -0.1) is 0 Å². The van der Waals surface area contributed by atoms with Gasteiger partial charge >= 0.3 is 0 Å². The molecule has 8 heteroatoms. The number of nitrogens with two attached hydrogens (primary N) is 1. The minimum absolute atomic E-state index is 0.0950. The summed E-state index contributed by atoms with van der Waals surface area (Å²) in [5.74, 6) is 3.91. The maximum absolute atomic E-state index is 5.87. The molecule has 0 aliphatic heterocycles. The van der Waals surface area contributed by atoms with Gasteiger partial charge in [0, 0.05) is 5.69 Å². The molecule has 0 fully saturated rings. The third-order valence-corrected chi connectivity index (χ3v) is 5.28. The topological polar surface area (TPSA) is 95.2 Å². The first-order valence-corrected chi connectivity index (χ1v) is 10.4. The lowest BCUT2D eigenvalue weighted by molar-refractivity contribution is 0.318. The zero-order valence-corrected chi connectivity index (χ0v) is 17.4. The van der Waals surface area contributed by atoms with Gasteiger partial charge in [0.25, 0.3) is 0 Å². The molecule has 1 atom stereocenters. The lowest BCUT2D eigenvalue weighted by atomic mass is 10.3. The zero-order chi connectivity index (χ0) is 20.5. The molecular formula is C21H25N5O2S. The summed E-state index contributed by atoms with van der Waals surface area (Å²) in [6.07, 6.45) is 0.913. The standard InChI is InChI=1S/C21H25N5O2S/c1-15(29-14-6-13-28-18-11-9-17(27-2)10-12-18)19-24-20(22)26-21(25-19)23-16-7-4-3-5-8-16/h3-5,7-12,15H,6,13-14H2,1-2H3,(H3,22,23,24,25,26). The summed E-state index contributed by atoms with van der Waals surface area (Å²) < 4.78 is 10.9. The first-order valence-electron chi connectivity index (χ1n) is 9.36. The summed E-state index contributed by atoms with van der Waals surface area (Å²) in [5, 5.41) is 3.26. The molecule has 0 amide bonds. The quantitative estimate of drug-likeness (QED) is 0.472. The lowest BCUT2D eigenvalue weighted by Gasteiger charge is -2.12. The number of thioether (sulfide) groups is 1. The molecule has 1 aromatic heterocycles. The van der Waals surface area contributed by atoms with E-state index in [0.717, 1.165) is 29.4 Å². The van der Waals surface area contributed by atoms with Gasteiger partial charge in [0.15, 0.2) is 0 Å². The predicted molar refractivity (Wildman–Crippen MR) is 118 cm³/mol. The van der Waals surface area contributed by atoms with Gasteiger partial charge in [0.2, 0.25) is 11.9 Å². The summed E-state index contributed by atoms with van der Waals surface area (Å²) in [6.45, 7) is 2.71. The third-order valence-electron chi connectivity index (χ3n) is 4.05. The van der Waals surface area contributed by atoms with Crippen molar-refractivity contribution in [3.05, 3.63) is 60.4 Å². The van der Waals surface area contributed by atoms with E-state index >= 15 is 0 Å². The zero-order valence-electron chi connectivity index (χ0n) is 16.5. The number of nitrogens with one attached hydrogen (secondary N) is 1. The van der Waals surface area contributed by atoms with Gasteiger partial charge < -0.3 is 20.5 Å². The maximum atomic E-state index is 5.87. The minimum Gasteiger partial charge on any atom is -0.497 e. The molecule has 0 radical (unpaired) electrons. The molecule has 0 bridgehead atoms. The number of methoxy groups -OCH3 is 1. The Morgan fingerprint density at radius 3 is 2.45 bits per heavy atom. The van der Waals surface area contributed by atoms with Gasteiger partial charge in [-0.05, 0) is 55.5 Å². The monoisotopic (exact) mass is 411 g/mol. The molecule has 0 saturated carbocycles. The fourth-order valence-electron chi connectivity index (χ4n) is 2.55. The highest BCUT2D eigenvalue weighted by molar-refractivity contribution is 7.99. The average Bonchev–Trinajstić information content (AvgIpc) is 2.74. The van der Waals surface area contributed by atoms with Gasteiger partial charge in [-0.3, -0.25) is 0 Å². The third kappa shape index (κ3) is 6.53. The van der Waals surface area contributed by atoms with Crippen molar-refractivity contribution in [2.45, 2.75) is 18.6 Å². The van der Waals surface area contributed by atoms with Crippen LogP contribution >= 0.6 is 11.8 Å².